The molecule has 0 fully saturated rings. The first kappa shape index (κ1) is 19.3. The van der Waals surface area contributed by atoms with Crippen molar-refractivity contribution in [3.63, 3.8) is 0 Å². The van der Waals surface area contributed by atoms with Gasteiger partial charge in [-0.25, -0.2) is 14.4 Å². The van der Waals surface area contributed by atoms with Gasteiger partial charge in [0.2, 0.25) is 0 Å². The van der Waals surface area contributed by atoms with Crippen LogP contribution in [0.15, 0.2) is 91.3 Å². The van der Waals surface area contributed by atoms with Crippen LogP contribution < -0.4 is 10.6 Å². The number of anilines is 2. The fraction of sp³-hybridized carbons (Fsp3) is 0.0417. The minimum Gasteiger partial charge on any atom is -0.348 e. The minimum absolute atomic E-state index is 0.138. The molecule has 0 aliphatic rings. The van der Waals surface area contributed by atoms with Crippen LogP contribution in [0.25, 0.3) is 11.3 Å². The number of nitrogens with zero attached hydrogens (tertiary/aromatic N) is 2. The van der Waals surface area contributed by atoms with Crippen LogP contribution in [-0.2, 0) is 6.54 Å². The van der Waals surface area contributed by atoms with Crippen LogP contribution in [0.2, 0.25) is 0 Å². The van der Waals surface area contributed by atoms with Crippen molar-refractivity contribution in [3.05, 3.63) is 108 Å². The summed E-state index contributed by atoms with van der Waals surface area (Å²) in [5.74, 6) is 0.119. The standard InChI is InChI=1S/C24H19FN4O/c25-20-8-4-7-19(13-20)22-14-23(28-16-27-22)29-21-11-9-18(10-12-21)24(30)26-15-17-5-2-1-3-6-17/h1-14,16H,15H2,(H,26,30)(H,27,28,29). The number of nitrogens with one attached hydrogen (secondary N) is 2. The van der Waals surface area contributed by atoms with E-state index in [4.69, 9.17) is 0 Å². The second kappa shape index (κ2) is 8.96. The summed E-state index contributed by atoms with van der Waals surface area (Å²) in [5, 5.41) is 6.08. The summed E-state index contributed by atoms with van der Waals surface area (Å²) in [5.41, 5.74) is 3.68. The zero-order valence-corrected chi connectivity index (χ0v) is 16.0. The molecule has 30 heavy (non-hydrogen) atoms. The number of carbonyl (C=O) groups excluding carboxylic acids is 1. The number of benzene rings is 3. The molecular formula is C24H19FN4O. The van der Waals surface area contributed by atoms with Crippen LogP contribution in [0.4, 0.5) is 15.9 Å². The van der Waals surface area contributed by atoms with Crippen molar-refractivity contribution in [3.8, 4) is 11.3 Å². The molecule has 0 atom stereocenters. The molecule has 0 radical (unpaired) electrons. The highest BCUT2D eigenvalue weighted by Crippen LogP contribution is 2.22. The number of hydrogen-bond acceptors (Lipinski definition) is 4. The predicted octanol–water partition coefficient (Wildman–Crippen LogP) is 4.96. The third kappa shape index (κ3) is 4.86. The Morgan fingerprint density at radius 3 is 2.43 bits per heavy atom. The smallest absolute Gasteiger partial charge is 0.251 e. The van der Waals surface area contributed by atoms with E-state index in [1.54, 1.807) is 42.5 Å². The van der Waals surface area contributed by atoms with E-state index in [9.17, 15) is 9.18 Å². The van der Waals surface area contributed by atoms with Crippen LogP contribution in [0.5, 0.6) is 0 Å². The van der Waals surface area contributed by atoms with Crippen molar-refractivity contribution in [1.82, 2.24) is 15.3 Å². The third-order valence-corrected chi connectivity index (χ3v) is 4.50. The van der Waals surface area contributed by atoms with Gasteiger partial charge >= 0.3 is 0 Å². The van der Waals surface area contributed by atoms with Crippen LogP contribution >= 0.6 is 0 Å². The number of halogens is 1. The maximum Gasteiger partial charge on any atom is 0.251 e. The Morgan fingerprint density at radius 1 is 0.867 bits per heavy atom. The Labute approximate surface area is 173 Å². The van der Waals surface area contributed by atoms with Gasteiger partial charge in [0.15, 0.2) is 0 Å². The highest BCUT2D eigenvalue weighted by Gasteiger charge is 2.07. The Morgan fingerprint density at radius 2 is 1.67 bits per heavy atom. The molecule has 0 aliphatic heterocycles. The van der Waals surface area contributed by atoms with E-state index in [1.807, 2.05) is 30.3 Å². The fourth-order valence-corrected chi connectivity index (χ4v) is 2.96. The second-order valence-electron chi connectivity index (χ2n) is 6.67. The lowest BCUT2D eigenvalue weighted by molar-refractivity contribution is 0.0951. The molecule has 0 unspecified atom stereocenters. The summed E-state index contributed by atoms with van der Waals surface area (Å²) in [7, 11) is 0. The van der Waals surface area contributed by atoms with E-state index < -0.39 is 0 Å². The van der Waals surface area contributed by atoms with E-state index >= 15 is 0 Å². The summed E-state index contributed by atoms with van der Waals surface area (Å²) < 4.78 is 13.5. The van der Waals surface area contributed by atoms with Gasteiger partial charge in [-0.1, -0.05) is 42.5 Å². The molecule has 6 heteroatoms. The topological polar surface area (TPSA) is 66.9 Å². The van der Waals surface area contributed by atoms with Crippen molar-refractivity contribution < 1.29 is 9.18 Å². The molecule has 5 nitrogen and oxygen atoms in total. The summed E-state index contributed by atoms with van der Waals surface area (Å²) in [4.78, 5) is 20.7. The van der Waals surface area contributed by atoms with Crippen molar-refractivity contribution in [2.45, 2.75) is 6.54 Å². The average molecular weight is 398 g/mol. The van der Waals surface area contributed by atoms with Crippen LogP contribution in [0, 0.1) is 5.82 Å². The largest absolute Gasteiger partial charge is 0.348 e. The molecule has 1 aromatic heterocycles. The van der Waals surface area contributed by atoms with Crippen LogP contribution in [0.1, 0.15) is 15.9 Å². The lowest BCUT2D eigenvalue weighted by Gasteiger charge is -2.09. The van der Waals surface area contributed by atoms with Gasteiger partial charge in [0.1, 0.15) is 18.0 Å². The Balaban J connectivity index is 1.41. The van der Waals surface area contributed by atoms with Crippen LogP contribution in [0.3, 0.4) is 0 Å². The van der Waals surface area contributed by atoms with Gasteiger partial charge in [-0.3, -0.25) is 4.79 Å². The summed E-state index contributed by atoms with van der Waals surface area (Å²) in [6.07, 6.45) is 1.42. The highest BCUT2D eigenvalue weighted by atomic mass is 19.1. The molecule has 1 amide bonds. The molecule has 1 heterocycles. The van der Waals surface area contributed by atoms with Gasteiger partial charge in [-0.15, -0.1) is 0 Å². The number of rotatable bonds is 6. The number of aromatic nitrogens is 2. The van der Waals surface area contributed by atoms with Gasteiger partial charge < -0.3 is 10.6 Å². The zero-order valence-electron chi connectivity index (χ0n) is 16.0. The number of amides is 1. The van der Waals surface area contributed by atoms with E-state index in [0.29, 0.717) is 29.2 Å². The van der Waals surface area contributed by atoms with E-state index in [0.717, 1.165) is 11.3 Å². The molecule has 0 saturated carbocycles. The Hall–Kier alpha value is -4.06. The Kier molecular flexibility index (Phi) is 5.75. The molecule has 2 N–H and O–H groups in total. The molecule has 0 aliphatic carbocycles. The predicted molar refractivity (Wildman–Crippen MR) is 115 cm³/mol. The average Bonchev–Trinajstić information content (AvgIpc) is 2.79. The van der Waals surface area contributed by atoms with Crippen molar-refractivity contribution >= 4 is 17.4 Å². The lowest BCUT2D eigenvalue weighted by atomic mass is 10.1. The van der Waals surface area contributed by atoms with E-state index in [2.05, 4.69) is 20.6 Å². The minimum atomic E-state index is -0.318. The fourth-order valence-electron chi connectivity index (χ4n) is 2.96. The van der Waals surface area contributed by atoms with Crippen molar-refractivity contribution in [2.24, 2.45) is 0 Å². The van der Waals surface area contributed by atoms with E-state index in [-0.39, 0.29) is 11.7 Å². The van der Waals surface area contributed by atoms with Gasteiger partial charge in [-0.2, -0.15) is 0 Å². The number of hydrogen-bond donors (Lipinski definition) is 2. The molecule has 0 spiro atoms. The summed E-state index contributed by atoms with van der Waals surface area (Å²) in [6.45, 7) is 0.476. The van der Waals surface area contributed by atoms with Gasteiger partial charge in [0.25, 0.3) is 5.91 Å². The summed E-state index contributed by atoms with van der Waals surface area (Å²) in [6, 6.07) is 24.8. The molecular weight excluding hydrogens is 379 g/mol. The molecule has 4 aromatic rings. The number of carbonyl (C=O) groups is 1. The van der Waals surface area contributed by atoms with Crippen molar-refractivity contribution in [2.75, 3.05) is 5.32 Å². The molecule has 3 aromatic carbocycles. The summed E-state index contributed by atoms with van der Waals surface area (Å²) >= 11 is 0. The third-order valence-electron chi connectivity index (χ3n) is 4.50. The van der Waals surface area contributed by atoms with Gasteiger partial charge in [0, 0.05) is 29.4 Å². The first-order valence-corrected chi connectivity index (χ1v) is 9.44. The molecule has 148 valence electrons. The molecule has 0 saturated heterocycles. The normalized spacial score (nSPS) is 10.4. The van der Waals surface area contributed by atoms with Crippen LogP contribution in [-0.4, -0.2) is 15.9 Å². The lowest BCUT2D eigenvalue weighted by Crippen LogP contribution is -2.22. The second-order valence-corrected chi connectivity index (χ2v) is 6.67. The van der Waals surface area contributed by atoms with Crippen molar-refractivity contribution in [1.29, 1.82) is 0 Å². The maximum absolute atomic E-state index is 13.5. The molecule has 0 bridgehead atoms. The first-order chi connectivity index (χ1) is 14.7. The SMILES string of the molecule is O=C(NCc1ccccc1)c1ccc(Nc2cc(-c3cccc(F)c3)ncn2)cc1. The highest BCUT2D eigenvalue weighted by molar-refractivity contribution is 5.94. The monoisotopic (exact) mass is 398 g/mol. The zero-order chi connectivity index (χ0) is 20.8. The van der Waals surface area contributed by atoms with Gasteiger partial charge in [0.05, 0.1) is 5.69 Å². The maximum atomic E-state index is 13.5. The Bertz CT molecular complexity index is 1150. The molecule has 4 rings (SSSR count). The van der Waals surface area contributed by atoms with E-state index in [1.165, 1.54) is 18.5 Å². The van der Waals surface area contributed by atoms with Gasteiger partial charge in [-0.05, 0) is 42.0 Å². The first-order valence-electron chi connectivity index (χ1n) is 9.44. The quantitative estimate of drug-likeness (QED) is 0.482.